The number of hydrogen-bond acceptors (Lipinski definition) is 5. The van der Waals surface area contributed by atoms with E-state index in [-0.39, 0.29) is 33.5 Å². The Kier molecular flexibility index (Phi) is 5.45. The van der Waals surface area contributed by atoms with Gasteiger partial charge < -0.3 is 14.9 Å². The van der Waals surface area contributed by atoms with E-state index in [1.54, 1.807) is 18.5 Å². The van der Waals surface area contributed by atoms with Crippen LogP contribution in [-0.2, 0) is 12.0 Å². The summed E-state index contributed by atoms with van der Waals surface area (Å²) in [6.07, 6.45) is 9.17. The van der Waals surface area contributed by atoms with Crippen LogP contribution >= 0.6 is 11.8 Å². The van der Waals surface area contributed by atoms with E-state index in [9.17, 15) is 23.1 Å². The lowest BCUT2D eigenvalue weighted by atomic mass is 9.60. The summed E-state index contributed by atoms with van der Waals surface area (Å²) in [5.74, 6) is 0.995. The van der Waals surface area contributed by atoms with Gasteiger partial charge in [0.2, 0.25) is 0 Å². The maximum atomic E-state index is 13.1. The van der Waals surface area contributed by atoms with E-state index in [0.717, 1.165) is 83.1 Å². The number of likely N-dealkylation sites (tertiary alicyclic amines) is 2. The quantitative estimate of drug-likeness (QED) is 0.535. The average molecular weight is 548 g/mol. The number of aromatic nitrogens is 3. The third-order valence-electron chi connectivity index (χ3n) is 9.47. The molecule has 0 radical (unpaired) electrons. The van der Waals surface area contributed by atoms with Crippen molar-refractivity contribution in [1.82, 2.24) is 24.6 Å². The van der Waals surface area contributed by atoms with Gasteiger partial charge in [-0.25, -0.2) is 14.5 Å². The molecule has 2 spiro atoms. The first-order chi connectivity index (χ1) is 18.0. The highest BCUT2D eigenvalue weighted by molar-refractivity contribution is 8.00. The lowest BCUT2D eigenvalue weighted by Crippen LogP contribution is -2.69. The Morgan fingerprint density at radius 1 is 1.05 bits per heavy atom. The van der Waals surface area contributed by atoms with Gasteiger partial charge >= 0.3 is 11.5 Å². The number of rotatable bonds is 5. The van der Waals surface area contributed by atoms with Crippen molar-refractivity contribution in [3.8, 4) is 0 Å². The van der Waals surface area contributed by atoms with Crippen LogP contribution in [0.4, 0.5) is 18.0 Å². The van der Waals surface area contributed by atoms with E-state index >= 15 is 0 Å². The summed E-state index contributed by atoms with van der Waals surface area (Å²) in [7, 11) is 0. The topological polar surface area (TPSA) is 74.5 Å². The summed E-state index contributed by atoms with van der Waals surface area (Å²) < 4.78 is 40.1. The van der Waals surface area contributed by atoms with Crippen LogP contribution in [0.3, 0.4) is 0 Å². The summed E-state index contributed by atoms with van der Waals surface area (Å²) in [4.78, 5) is 21.6. The number of carbonyl (C=O) groups is 1. The fraction of sp³-hybridized carbons (Fsp3) is 0.667. The summed E-state index contributed by atoms with van der Waals surface area (Å²) in [6.45, 7) is 3.19. The van der Waals surface area contributed by atoms with Crippen molar-refractivity contribution >= 4 is 17.8 Å². The van der Waals surface area contributed by atoms with Crippen molar-refractivity contribution in [2.75, 3.05) is 26.2 Å². The third kappa shape index (κ3) is 4.49. The number of urea groups is 1. The summed E-state index contributed by atoms with van der Waals surface area (Å²) in [5, 5.41) is 14.7. The first kappa shape index (κ1) is 24.7. The lowest BCUT2D eigenvalue weighted by molar-refractivity contribution is -0.0849. The monoisotopic (exact) mass is 547 g/mol. The molecule has 38 heavy (non-hydrogen) atoms. The second-order valence-electron chi connectivity index (χ2n) is 12.6. The van der Waals surface area contributed by atoms with Crippen LogP contribution in [0.15, 0.2) is 35.5 Å². The van der Waals surface area contributed by atoms with Crippen LogP contribution in [-0.4, -0.2) is 67.4 Å². The Morgan fingerprint density at radius 2 is 1.76 bits per heavy atom. The highest BCUT2D eigenvalue weighted by atomic mass is 32.2. The number of carbonyl (C=O) groups excluding carboxylic acids is 1. The van der Waals surface area contributed by atoms with Gasteiger partial charge in [0, 0.05) is 41.9 Å². The molecule has 2 aliphatic heterocycles. The number of hydrogen-bond donors (Lipinski definition) is 1. The van der Waals surface area contributed by atoms with E-state index in [1.165, 1.54) is 6.07 Å². The molecular formula is C27H32F3N5O2S. The fourth-order valence-electron chi connectivity index (χ4n) is 7.38. The SMILES string of the molecule is O=C(N1CC2(CC(n3cnc(C4(O)CC4)n3)C2)C1)N1CC2(CC[C@H](Cc3cccc(SC(F)(F)F)c3)C2)C1. The van der Waals surface area contributed by atoms with E-state index in [4.69, 9.17) is 0 Å². The van der Waals surface area contributed by atoms with Gasteiger partial charge in [0.1, 0.15) is 11.9 Å². The Morgan fingerprint density at radius 3 is 2.45 bits per heavy atom. The predicted octanol–water partition coefficient (Wildman–Crippen LogP) is 4.97. The minimum Gasteiger partial charge on any atom is -0.382 e. The number of halogens is 3. The van der Waals surface area contributed by atoms with Crippen LogP contribution < -0.4 is 0 Å². The molecule has 1 aromatic heterocycles. The smallest absolute Gasteiger partial charge is 0.382 e. The molecule has 11 heteroatoms. The number of thioether (sulfide) groups is 1. The number of benzene rings is 1. The Balaban J connectivity index is 0.861. The summed E-state index contributed by atoms with van der Waals surface area (Å²) in [5.41, 5.74) is -3.73. The molecular weight excluding hydrogens is 515 g/mol. The second kappa shape index (κ2) is 8.36. The zero-order valence-electron chi connectivity index (χ0n) is 21.2. The molecule has 1 atom stereocenters. The molecule has 204 valence electrons. The van der Waals surface area contributed by atoms with Crippen molar-refractivity contribution in [2.45, 2.75) is 73.4 Å². The van der Waals surface area contributed by atoms with Gasteiger partial charge in [0.05, 0.1) is 6.04 Å². The number of aliphatic hydroxyl groups is 1. The van der Waals surface area contributed by atoms with E-state index in [2.05, 4.69) is 10.1 Å². The van der Waals surface area contributed by atoms with Crippen molar-refractivity contribution in [1.29, 1.82) is 0 Å². The van der Waals surface area contributed by atoms with Gasteiger partial charge in [0.15, 0.2) is 5.82 Å². The summed E-state index contributed by atoms with van der Waals surface area (Å²) >= 11 is -0.0545. The largest absolute Gasteiger partial charge is 0.446 e. The lowest BCUT2D eigenvalue weighted by Gasteiger charge is -2.60. The van der Waals surface area contributed by atoms with E-state index < -0.39 is 11.1 Å². The fourth-order valence-corrected chi connectivity index (χ4v) is 8.00. The van der Waals surface area contributed by atoms with Crippen LogP contribution in [0.25, 0.3) is 0 Å². The minimum atomic E-state index is -4.27. The molecule has 3 aliphatic carbocycles. The first-order valence-corrected chi connectivity index (χ1v) is 14.4. The first-order valence-electron chi connectivity index (χ1n) is 13.5. The van der Waals surface area contributed by atoms with Gasteiger partial charge in [0.25, 0.3) is 0 Å². The predicted molar refractivity (Wildman–Crippen MR) is 134 cm³/mol. The van der Waals surface area contributed by atoms with Gasteiger partial charge in [-0.1, -0.05) is 12.1 Å². The van der Waals surface area contributed by atoms with Crippen LogP contribution in [0.5, 0.6) is 0 Å². The molecule has 1 aromatic carbocycles. The minimum absolute atomic E-state index is 0.0545. The third-order valence-corrected chi connectivity index (χ3v) is 10.2. The van der Waals surface area contributed by atoms with Crippen molar-refractivity contribution in [3.05, 3.63) is 42.0 Å². The molecule has 2 aromatic rings. The molecule has 5 fully saturated rings. The zero-order valence-corrected chi connectivity index (χ0v) is 22.0. The standard InChI is InChI=1S/C27H32F3N5O2S/c28-27(29,30)38-21-3-1-2-18(9-21)8-19-4-5-24(10-19)13-33(14-24)23(36)34-15-25(16-34)11-20(12-25)35-17-31-22(32-35)26(37)6-7-26/h1-3,9,17,19-20,37H,4-8,10-16H2/t19-/m1/s1. The highest BCUT2D eigenvalue weighted by Crippen LogP contribution is 2.55. The van der Waals surface area contributed by atoms with Gasteiger partial charge in [-0.2, -0.15) is 18.3 Å². The number of amides is 2. The maximum absolute atomic E-state index is 13.1. The average Bonchev–Trinajstić information content (AvgIpc) is 3.17. The normalized spacial score (nSPS) is 26.8. The highest BCUT2D eigenvalue weighted by Gasteiger charge is 2.57. The molecule has 7 rings (SSSR count). The molecule has 0 unspecified atom stereocenters. The van der Waals surface area contributed by atoms with Crippen LogP contribution in [0, 0.1) is 16.7 Å². The molecule has 2 amide bonds. The zero-order chi connectivity index (χ0) is 26.3. The second-order valence-corrected chi connectivity index (χ2v) is 13.8. The van der Waals surface area contributed by atoms with Crippen molar-refractivity contribution in [2.24, 2.45) is 16.7 Å². The Hall–Kier alpha value is -2.27. The Labute approximate surface area is 223 Å². The molecule has 1 N–H and O–H groups in total. The van der Waals surface area contributed by atoms with Crippen molar-refractivity contribution in [3.63, 3.8) is 0 Å². The molecule has 0 bridgehead atoms. The van der Waals surface area contributed by atoms with Crippen LogP contribution in [0.2, 0.25) is 0 Å². The maximum Gasteiger partial charge on any atom is 0.446 e. The van der Waals surface area contributed by atoms with Crippen molar-refractivity contribution < 1.29 is 23.1 Å². The van der Waals surface area contributed by atoms with Gasteiger partial charge in [-0.05, 0) is 86.7 Å². The van der Waals surface area contributed by atoms with E-state index in [0.29, 0.717) is 17.8 Å². The molecule has 7 nitrogen and oxygen atoms in total. The molecule has 3 saturated carbocycles. The molecule has 2 saturated heterocycles. The number of alkyl halides is 3. The number of nitrogens with zero attached hydrogens (tertiary/aromatic N) is 5. The van der Waals surface area contributed by atoms with Gasteiger partial charge in [-0.3, -0.25) is 0 Å². The van der Waals surface area contributed by atoms with Crippen LogP contribution in [0.1, 0.15) is 62.4 Å². The molecule has 3 heterocycles. The summed E-state index contributed by atoms with van der Waals surface area (Å²) in [6, 6.07) is 7.26. The van der Waals surface area contributed by atoms with Gasteiger partial charge in [-0.15, -0.1) is 0 Å². The molecule has 5 aliphatic rings. The van der Waals surface area contributed by atoms with E-state index in [1.807, 2.05) is 20.5 Å². The Bertz CT molecular complexity index is 1240.